The van der Waals surface area contributed by atoms with Crippen molar-refractivity contribution < 1.29 is 18.7 Å². The van der Waals surface area contributed by atoms with Crippen LogP contribution in [0.2, 0.25) is 0 Å². The molecule has 26 heavy (non-hydrogen) atoms. The van der Waals surface area contributed by atoms with Crippen LogP contribution in [0.25, 0.3) is 10.9 Å². The first kappa shape index (κ1) is 18.2. The van der Waals surface area contributed by atoms with Gasteiger partial charge in [-0.1, -0.05) is 18.2 Å². The highest BCUT2D eigenvalue weighted by Gasteiger charge is 2.48. The first-order chi connectivity index (χ1) is 12.3. The average Bonchev–Trinajstić information content (AvgIpc) is 2.95. The van der Waals surface area contributed by atoms with Gasteiger partial charge in [-0.05, 0) is 17.7 Å². The number of aliphatic hydroxyl groups is 1. The van der Waals surface area contributed by atoms with Gasteiger partial charge in [0.25, 0.3) is 5.92 Å². The lowest BCUT2D eigenvalue weighted by Crippen LogP contribution is -2.46. The molecule has 1 aromatic carbocycles. The number of alkyl halides is 2. The van der Waals surface area contributed by atoms with Crippen molar-refractivity contribution in [1.82, 2.24) is 9.88 Å². The molecule has 2 heterocycles. The molecule has 1 fully saturated rings. The van der Waals surface area contributed by atoms with Crippen LogP contribution in [-0.2, 0) is 4.79 Å². The molecule has 3 rings (SSSR count). The number of benzene rings is 1. The van der Waals surface area contributed by atoms with Crippen molar-refractivity contribution in [3.63, 3.8) is 0 Å². The van der Waals surface area contributed by atoms with E-state index >= 15 is 0 Å². The van der Waals surface area contributed by atoms with Crippen molar-refractivity contribution in [3.8, 4) is 6.07 Å². The van der Waals surface area contributed by atoms with Crippen LogP contribution in [0.5, 0.6) is 0 Å². The first-order valence-electron chi connectivity index (χ1n) is 8.17. The zero-order valence-electron chi connectivity index (χ0n) is 13.8. The van der Waals surface area contributed by atoms with Gasteiger partial charge in [0.15, 0.2) is 0 Å². The molecular formula is C18H18F2N4O2. The third-order valence-corrected chi connectivity index (χ3v) is 4.54. The van der Waals surface area contributed by atoms with E-state index in [1.165, 1.54) is 0 Å². The molecular weight excluding hydrogens is 342 g/mol. The summed E-state index contributed by atoms with van der Waals surface area (Å²) >= 11 is 0. The standard InChI is InChI=1S/C18H18F2N4O2/c19-18(20)8-11(9-21)24(10-18)17(26)14(22)7-16(25)13-5-6-23-15-4-2-1-3-12(13)15/h1-6,11,14,16,25H,7-8,10,22H2/t11-,14?,16?/m0/s1. The van der Waals surface area contributed by atoms with Crippen LogP contribution in [0.3, 0.4) is 0 Å². The predicted molar refractivity (Wildman–Crippen MR) is 90.0 cm³/mol. The molecule has 136 valence electrons. The van der Waals surface area contributed by atoms with Gasteiger partial charge in [0, 0.05) is 24.4 Å². The Labute approximate surface area is 148 Å². The van der Waals surface area contributed by atoms with Crippen LogP contribution in [-0.4, -0.2) is 45.4 Å². The van der Waals surface area contributed by atoms with E-state index in [0.717, 1.165) is 10.3 Å². The Morgan fingerprint density at radius 3 is 2.92 bits per heavy atom. The summed E-state index contributed by atoms with van der Waals surface area (Å²) in [7, 11) is 0. The maximum absolute atomic E-state index is 13.5. The predicted octanol–water partition coefficient (Wildman–Crippen LogP) is 1.75. The minimum atomic E-state index is -3.10. The van der Waals surface area contributed by atoms with Crippen LogP contribution in [0.15, 0.2) is 36.5 Å². The molecule has 1 saturated heterocycles. The lowest BCUT2D eigenvalue weighted by molar-refractivity contribution is -0.134. The molecule has 1 aliphatic rings. The zero-order valence-corrected chi connectivity index (χ0v) is 13.8. The van der Waals surface area contributed by atoms with Gasteiger partial charge >= 0.3 is 0 Å². The molecule has 8 heteroatoms. The second-order valence-electron chi connectivity index (χ2n) is 6.45. The summed E-state index contributed by atoms with van der Waals surface area (Å²) in [5.74, 6) is -3.86. The van der Waals surface area contributed by atoms with Gasteiger partial charge < -0.3 is 15.7 Å². The van der Waals surface area contributed by atoms with Crippen LogP contribution >= 0.6 is 0 Å². The lowest BCUT2D eigenvalue weighted by Gasteiger charge is -2.24. The SMILES string of the molecule is N#C[C@@H]1CC(F)(F)CN1C(=O)C(N)CC(O)c1ccnc2ccccc12. The molecule has 6 nitrogen and oxygen atoms in total. The number of likely N-dealkylation sites (tertiary alicyclic amines) is 1. The number of hydrogen-bond acceptors (Lipinski definition) is 5. The van der Waals surface area contributed by atoms with Gasteiger partial charge in [0.2, 0.25) is 5.91 Å². The maximum Gasteiger partial charge on any atom is 0.268 e. The number of nitrogens with two attached hydrogens (primary N) is 1. The lowest BCUT2D eigenvalue weighted by atomic mass is 9.98. The molecule has 0 aliphatic carbocycles. The number of rotatable bonds is 4. The first-order valence-corrected chi connectivity index (χ1v) is 8.17. The largest absolute Gasteiger partial charge is 0.388 e. The van der Waals surface area contributed by atoms with E-state index in [9.17, 15) is 18.7 Å². The Kier molecular flexibility index (Phi) is 4.85. The third-order valence-electron chi connectivity index (χ3n) is 4.54. The van der Waals surface area contributed by atoms with Gasteiger partial charge in [-0.25, -0.2) is 8.78 Å². The van der Waals surface area contributed by atoms with Crippen molar-refractivity contribution >= 4 is 16.8 Å². The highest BCUT2D eigenvalue weighted by molar-refractivity contribution is 5.84. The number of hydrogen-bond donors (Lipinski definition) is 2. The number of nitriles is 1. The molecule has 0 bridgehead atoms. The zero-order chi connectivity index (χ0) is 18.9. The molecule has 0 radical (unpaired) electrons. The minimum Gasteiger partial charge on any atom is -0.388 e. The summed E-state index contributed by atoms with van der Waals surface area (Å²) in [5.41, 5.74) is 7.11. The van der Waals surface area contributed by atoms with Crippen molar-refractivity contribution in [2.45, 2.75) is 37.0 Å². The third kappa shape index (κ3) is 3.49. The van der Waals surface area contributed by atoms with Crippen LogP contribution in [0.1, 0.15) is 24.5 Å². The van der Waals surface area contributed by atoms with E-state index in [1.807, 2.05) is 6.07 Å². The number of nitrogens with zero attached hydrogens (tertiary/aromatic N) is 3. The van der Waals surface area contributed by atoms with Gasteiger partial charge in [0.1, 0.15) is 6.04 Å². The van der Waals surface area contributed by atoms with Gasteiger partial charge in [-0.2, -0.15) is 5.26 Å². The Morgan fingerprint density at radius 2 is 2.19 bits per heavy atom. The summed E-state index contributed by atoms with van der Waals surface area (Å²) < 4.78 is 27.0. The van der Waals surface area contributed by atoms with E-state index in [0.29, 0.717) is 11.1 Å². The fourth-order valence-electron chi connectivity index (χ4n) is 3.25. The average molecular weight is 360 g/mol. The van der Waals surface area contributed by atoms with Crippen LogP contribution in [0, 0.1) is 11.3 Å². The monoisotopic (exact) mass is 360 g/mol. The van der Waals surface area contributed by atoms with Gasteiger partial charge in [-0.15, -0.1) is 0 Å². The molecule has 1 amide bonds. The smallest absolute Gasteiger partial charge is 0.268 e. The Bertz CT molecular complexity index is 862. The number of pyridine rings is 1. The second-order valence-corrected chi connectivity index (χ2v) is 6.45. The van der Waals surface area contributed by atoms with Crippen molar-refractivity contribution in [2.75, 3.05) is 6.54 Å². The minimum absolute atomic E-state index is 0.146. The fraction of sp³-hybridized carbons (Fsp3) is 0.389. The molecule has 0 spiro atoms. The highest BCUT2D eigenvalue weighted by atomic mass is 19.3. The van der Waals surface area contributed by atoms with E-state index in [4.69, 9.17) is 11.0 Å². The molecule has 1 aliphatic heterocycles. The number of halogens is 2. The Morgan fingerprint density at radius 1 is 1.46 bits per heavy atom. The van der Waals surface area contributed by atoms with E-state index < -0.39 is 43.0 Å². The van der Waals surface area contributed by atoms with Gasteiger partial charge in [-0.3, -0.25) is 9.78 Å². The quantitative estimate of drug-likeness (QED) is 0.864. The number of fused-ring (bicyclic) bond motifs is 1. The molecule has 1 aromatic heterocycles. The van der Waals surface area contributed by atoms with E-state index in [2.05, 4.69) is 4.98 Å². The molecule has 3 N–H and O–H groups in total. The summed E-state index contributed by atoms with van der Waals surface area (Å²) in [6, 6.07) is 8.15. The molecule has 2 unspecified atom stereocenters. The molecule has 3 atom stereocenters. The normalized spacial score (nSPS) is 21.3. The number of amides is 1. The number of para-hydroxylation sites is 1. The summed E-state index contributed by atoms with van der Waals surface area (Å²) in [6.45, 7) is -0.827. The second kappa shape index (κ2) is 6.94. The Balaban J connectivity index is 1.76. The Hall–Kier alpha value is -2.63. The number of carbonyl (C=O) groups is 1. The van der Waals surface area contributed by atoms with Crippen molar-refractivity contribution in [2.24, 2.45) is 5.73 Å². The fourth-order valence-corrected chi connectivity index (χ4v) is 3.25. The van der Waals surface area contributed by atoms with E-state index in [1.54, 1.807) is 36.5 Å². The van der Waals surface area contributed by atoms with Crippen LogP contribution in [0.4, 0.5) is 8.78 Å². The van der Waals surface area contributed by atoms with Crippen LogP contribution < -0.4 is 5.73 Å². The number of carbonyl (C=O) groups excluding carboxylic acids is 1. The van der Waals surface area contributed by atoms with Crippen molar-refractivity contribution in [1.29, 1.82) is 5.26 Å². The number of aromatic nitrogens is 1. The maximum atomic E-state index is 13.5. The molecule has 2 aromatic rings. The summed E-state index contributed by atoms with van der Waals surface area (Å²) in [4.78, 5) is 17.4. The topological polar surface area (TPSA) is 103 Å². The molecule has 0 saturated carbocycles. The number of aliphatic hydroxyl groups excluding tert-OH is 1. The van der Waals surface area contributed by atoms with Gasteiger partial charge in [0.05, 0.1) is 30.3 Å². The van der Waals surface area contributed by atoms with E-state index in [-0.39, 0.29) is 6.42 Å². The highest BCUT2D eigenvalue weighted by Crippen LogP contribution is 2.33. The summed E-state index contributed by atoms with van der Waals surface area (Å²) in [6.07, 6.45) is -0.362. The summed E-state index contributed by atoms with van der Waals surface area (Å²) in [5, 5.41) is 20.2. The van der Waals surface area contributed by atoms with Crippen molar-refractivity contribution in [3.05, 3.63) is 42.1 Å².